The zero-order chi connectivity index (χ0) is 14.4. The first-order valence-corrected chi connectivity index (χ1v) is 7.03. The second-order valence-electron chi connectivity index (χ2n) is 5.02. The minimum absolute atomic E-state index is 0.0212. The van der Waals surface area contributed by atoms with Gasteiger partial charge in [-0.3, -0.25) is 0 Å². The molecule has 1 fully saturated rings. The van der Waals surface area contributed by atoms with E-state index in [0.29, 0.717) is 6.61 Å². The number of carbonyl (C=O) groups excluding carboxylic acids is 1. The maximum atomic E-state index is 12.0. The molecule has 1 aliphatic heterocycles. The van der Waals surface area contributed by atoms with Gasteiger partial charge in [0.1, 0.15) is 0 Å². The summed E-state index contributed by atoms with van der Waals surface area (Å²) in [6.07, 6.45) is 2.61. The predicted molar refractivity (Wildman–Crippen MR) is 75.8 cm³/mol. The van der Waals surface area contributed by atoms with E-state index in [1.165, 1.54) is 0 Å². The number of nitrogens with one attached hydrogen (secondary N) is 1. The molecule has 0 bridgehead atoms. The standard InChI is InChI=1S/C15H22N2O3/c1-12(13-8-4-3-5-9-13)17(2)15(18)16-20-14-10-6-7-11-19-14/h3-5,8-9,12,14H,6-7,10-11H2,1-2H3,(H,16,18)/t12-,14-/m1/s1. The maximum absolute atomic E-state index is 12.0. The van der Waals surface area contributed by atoms with Crippen molar-refractivity contribution >= 4 is 6.03 Å². The number of hydrogen-bond acceptors (Lipinski definition) is 3. The molecular weight excluding hydrogens is 256 g/mol. The van der Waals surface area contributed by atoms with Crippen molar-refractivity contribution in [1.82, 2.24) is 10.4 Å². The highest BCUT2D eigenvalue weighted by molar-refractivity contribution is 5.73. The topological polar surface area (TPSA) is 50.8 Å². The van der Waals surface area contributed by atoms with Gasteiger partial charge in [-0.2, -0.15) is 0 Å². The Balaban J connectivity index is 1.82. The molecule has 5 heteroatoms. The molecule has 2 rings (SSSR count). The number of rotatable bonds is 4. The minimum atomic E-state index is -0.326. The van der Waals surface area contributed by atoms with E-state index < -0.39 is 0 Å². The molecule has 0 radical (unpaired) electrons. The lowest BCUT2D eigenvalue weighted by Crippen LogP contribution is -2.41. The number of nitrogens with zero attached hydrogens (tertiary/aromatic N) is 1. The molecule has 2 amide bonds. The van der Waals surface area contributed by atoms with Crippen molar-refractivity contribution in [2.24, 2.45) is 0 Å². The van der Waals surface area contributed by atoms with Crippen molar-refractivity contribution in [3.8, 4) is 0 Å². The fourth-order valence-corrected chi connectivity index (χ4v) is 2.12. The first kappa shape index (κ1) is 14.8. The summed E-state index contributed by atoms with van der Waals surface area (Å²) in [5.74, 6) is 0. The van der Waals surface area contributed by atoms with Crippen molar-refractivity contribution in [3.05, 3.63) is 35.9 Å². The molecule has 0 unspecified atom stereocenters. The number of hydrogen-bond donors (Lipinski definition) is 1. The van der Waals surface area contributed by atoms with Crippen LogP contribution in [0.2, 0.25) is 0 Å². The lowest BCUT2D eigenvalue weighted by molar-refractivity contribution is -0.187. The minimum Gasteiger partial charge on any atom is -0.350 e. The summed E-state index contributed by atoms with van der Waals surface area (Å²) in [6, 6.07) is 9.59. The van der Waals surface area contributed by atoms with Crippen LogP contribution in [0.5, 0.6) is 0 Å². The number of urea groups is 1. The summed E-state index contributed by atoms with van der Waals surface area (Å²) in [4.78, 5) is 18.9. The van der Waals surface area contributed by atoms with Gasteiger partial charge in [0.25, 0.3) is 0 Å². The molecule has 1 aliphatic rings. The number of amides is 2. The maximum Gasteiger partial charge on any atom is 0.341 e. The van der Waals surface area contributed by atoms with E-state index in [0.717, 1.165) is 24.8 Å². The van der Waals surface area contributed by atoms with Gasteiger partial charge in [0, 0.05) is 20.1 Å². The third-order valence-electron chi connectivity index (χ3n) is 3.60. The molecule has 0 aliphatic carbocycles. The van der Waals surface area contributed by atoms with Crippen LogP contribution in [-0.4, -0.2) is 30.9 Å². The lowest BCUT2D eigenvalue weighted by Gasteiger charge is -2.27. The van der Waals surface area contributed by atoms with Crippen LogP contribution >= 0.6 is 0 Å². The quantitative estimate of drug-likeness (QED) is 0.862. The smallest absolute Gasteiger partial charge is 0.341 e. The van der Waals surface area contributed by atoms with Gasteiger partial charge in [-0.15, -0.1) is 0 Å². The SMILES string of the molecule is C[C@H](c1ccccc1)N(C)C(=O)NO[C@@H]1CCCCO1. The van der Waals surface area contributed by atoms with Crippen molar-refractivity contribution in [2.75, 3.05) is 13.7 Å². The largest absolute Gasteiger partial charge is 0.350 e. The molecule has 1 N–H and O–H groups in total. The van der Waals surface area contributed by atoms with Crippen LogP contribution in [0, 0.1) is 0 Å². The summed E-state index contributed by atoms with van der Waals surface area (Å²) in [7, 11) is 1.75. The van der Waals surface area contributed by atoms with Gasteiger partial charge < -0.3 is 9.64 Å². The second kappa shape index (κ2) is 7.26. The van der Waals surface area contributed by atoms with Crippen LogP contribution in [-0.2, 0) is 9.57 Å². The predicted octanol–water partition coefficient (Wildman–Crippen LogP) is 2.85. The van der Waals surface area contributed by atoms with Crippen molar-refractivity contribution in [3.63, 3.8) is 0 Å². The monoisotopic (exact) mass is 278 g/mol. The third kappa shape index (κ3) is 3.95. The van der Waals surface area contributed by atoms with Crippen molar-refractivity contribution in [2.45, 2.75) is 38.5 Å². The Labute approximate surface area is 119 Å². The second-order valence-corrected chi connectivity index (χ2v) is 5.02. The van der Waals surface area contributed by atoms with E-state index in [4.69, 9.17) is 9.57 Å². The van der Waals surface area contributed by atoms with Gasteiger partial charge in [0.15, 0.2) is 6.29 Å². The number of benzene rings is 1. The van der Waals surface area contributed by atoms with Crippen LogP contribution in [0.15, 0.2) is 30.3 Å². The molecule has 110 valence electrons. The summed E-state index contributed by atoms with van der Waals surface area (Å²) >= 11 is 0. The first-order chi connectivity index (χ1) is 9.68. The summed E-state index contributed by atoms with van der Waals surface area (Å²) in [6.45, 7) is 2.67. The van der Waals surface area contributed by atoms with Crippen LogP contribution in [0.3, 0.4) is 0 Å². The van der Waals surface area contributed by atoms with Crippen LogP contribution < -0.4 is 5.48 Å². The highest BCUT2D eigenvalue weighted by Gasteiger charge is 2.20. The normalized spacial score (nSPS) is 20.2. The molecule has 0 saturated carbocycles. The summed E-state index contributed by atoms with van der Waals surface area (Å²) in [5, 5.41) is 0. The van der Waals surface area contributed by atoms with E-state index in [1.54, 1.807) is 11.9 Å². The average Bonchev–Trinajstić information content (AvgIpc) is 2.53. The van der Waals surface area contributed by atoms with Crippen LogP contribution in [0.4, 0.5) is 4.79 Å². The van der Waals surface area contributed by atoms with E-state index in [-0.39, 0.29) is 18.4 Å². The molecule has 1 aromatic carbocycles. The molecule has 1 saturated heterocycles. The van der Waals surface area contributed by atoms with E-state index in [1.807, 2.05) is 37.3 Å². The summed E-state index contributed by atoms with van der Waals surface area (Å²) in [5.41, 5.74) is 3.55. The molecule has 0 aromatic heterocycles. The number of ether oxygens (including phenoxy) is 1. The molecule has 1 heterocycles. The molecule has 1 aromatic rings. The molecule has 5 nitrogen and oxygen atoms in total. The number of carbonyl (C=O) groups is 1. The lowest BCUT2D eigenvalue weighted by atomic mass is 10.1. The molecule has 2 atom stereocenters. The Morgan fingerprint density at radius 3 is 2.80 bits per heavy atom. The molecule has 0 spiro atoms. The Morgan fingerprint density at radius 1 is 1.40 bits per heavy atom. The first-order valence-electron chi connectivity index (χ1n) is 7.03. The fourth-order valence-electron chi connectivity index (χ4n) is 2.12. The zero-order valence-electron chi connectivity index (χ0n) is 12.0. The van der Waals surface area contributed by atoms with Gasteiger partial charge in [0.2, 0.25) is 0 Å². The fraction of sp³-hybridized carbons (Fsp3) is 0.533. The molecular formula is C15H22N2O3. The Morgan fingerprint density at radius 2 is 2.15 bits per heavy atom. The highest BCUT2D eigenvalue weighted by Crippen LogP contribution is 2.18. The van der Waals surface area contributed by atoms with Crippen molar-refractivity contribution in [1.29, 1.82) is 0 Å². The van der Waals surface area contributed by atoms with Gasteiger partial charge in [-0.1, -0.05) is 30.3 Å². The van der Waals surface area contributed by atoms with Crippen LogP contribution in [0.25, 0.3) is 0 Å². The van der Waals surface area contributed by atoms with E-state index >= 15 is 0 Å². The number of hydroxylamine groups is 1. The van der Waals surface area contributed by atoms with Crippen LogP contribution in [0.1, 0.15) is 37.8 Å². The Hall–Kier alpha value is -1.59. The van der Waals surface area contributed by atoms with Gasteiger partial charge in [0.05, 0.1) is 6.04 Å². The molecule has 20 heavy (non-hydrogen) atoms. The summed E-state index contributed by atoms with van der Waals surface area (Å²) < 4.78 is 5.40. The van der Waals surface area contributed by atoms with Gasteiger partial charge in [-0.05, 0) is 25.3 Å². The highest BCUT2D eigenvalue weighted by atomic mass is 16.8. The van der Waals surface area contributed by atoms with Gasteiger partial charge >= 0.3 is 6.03 Å². The van der Waals surface area contributed by atoms with E-state index in [9.17, 15) is 4.79 Å². The zero-order valence-corrected chi connectivity index (χ0v) is 12.0. The Kier molecular flexibility index (Phi) is 5.38. The van der Waals surface area contributed by atoms with Crippen molar-refractivity contribution < 1.29 is 14.4 Å². The Bertz CT molecular complexity index is 418. The third-order valence-corrected chi connectivity index (χ3v) is 3.60. The van der Waals surface area contributed by atoms with Gasteiger partial charge in [-0.25, -0.2) is 15.1 Å². The van der Waals surface area contributed by atoms with E-state index in [2.05, 4.69) is 5.48 Å². The average molecular weight is 278 g/mol.